The first-order valence-corrected chi connectivity index (χ1v) is 5.62. The Morgan fingerprint density at radius 2 is 2.33 bits per heavy atom. The van der Waals surface area contributed by atoms with Crippen molar-refractivity contribution in [2.24, 2.45) is 0 Å². The van der Waals surface area contributed by atoms with Gasteiger partial charge in [0, 0.05) is 23.6 Å². The first-order chi connectivity index (χ1) is 8.76. The lowest BCUT2D eigenvalue weighted by Crippen LogP contribution is -2.27. The molecular formula is C14H13N3O. The van der Waals surface area contributed by atoms with Crippen molar-refractivity contribution in [2.75, 3.05) is 6.54 Å². The number of fused-ring (bicyclic) bond motifs is 1. The summed E-state index contributed by atoms with van der Waals surface area (Å²) in [6.07, 6.45) is 3.46. The van der Waals surface area contributed by atoms with Gasteiger partial charge in [0.25, 0.3) is 0 Å². The summed E-state index contributed by atoms with van der Waals surface area (Å²) in [4.78, 5) is 11.6. The van der Waals surface area contributed by atoms with E-state index in [0.29, 0.717) is 12.1 Å². The van der Waals surface area contributed by atoms with E-state index in [2.05, 4.69) is 18.0 Å². The minimum absolute atomic E-state index is 0.0743. The number of amides is 1. The molecule has 0 aliphatic rings. The molecule has 0 radical (unpaired) electrons. The van der Waals surface area contributed by atoms with Crippen molar-refractivity contribution in [1.82, 2.24) is 9.88 Å². The summed E-state index contributed by atoms with van der Waals surface area (Å²) in [6.45, 7) is 4.25. The molecule has 1 heterocycles. The highest BCUT2D eigenvalue weighted by molar-refractivity contribution is 5.87. The molecule has 2 aromatic rings. The van der Waals surface area contributed by atoms with Crippen LogP contribution in [0.1, 0.15) is 5.56 Å². The van der Waals surface area contributed by atoms with Gasteiger partial charge in [-0.3, -0.25) is 4.79 Å². The van der Waals surface area contributed by atoms with E-state index in [0.717, 1.165) is 10.9 Å². The van der Waals surface area contributed by atoms with Gasteiger partial charge in [-0.05, 0) is 18.2 Å². The number of hydrogen-bond acceptors (Lipinski definition) is 2. The lowest BCUT2D eigenvalue weighted by atomic mass is 10.1. The Bertz CT molecular complexity index is 634. The van der Waals surface area contributed by atoms with Crippen molar-refractivity contribution >= 4 is 16.8 Å². The van der Waals surface area contributed by atoms with Gasteiger partial charge >= 0.3 is 0 Å². The van der Waals surface area contributed by atoms with Crippen molar-refractivity contribution in [3.05, 3.63) is 48.7 Å². The normalized spacial score (nSPS) is 9.94. The van der Waals surface area contributed by atoms with Crippen LogP contribution in [0.25, 0.3) is 10.9 Å². The summed E-state index contributed by atoms with van der Waals surface area (Å²) >= 11 is 0. The summed E-state index contributed by atoms with van der Waals surface area (Å²) < 4.78 is 1.83. The first kappa shape index (κ1) is 11.9. The Labute approximate surface area is 105 Å². The van der Waals surface area contributed by atoms with Crippen LogP contribution >= 0.6 is 0 Å². The molecule has 0 aliphatic carbocycles. The summed E-state index contributed by atoms with van der Waals surface area (Å²) in [5.74, 6) is -0.0743. The quantitative estimate of drug-likeness (QED) is 0.827. The zero-order valence-corrected chi connectivity index (χ0v) is 9.89. The summed E-state index contributed by atoms with van der Waals surface area (Å²) in [7, 11) is 0. The summed E-state index contributed by atoms with van der Waals surface area (Å²) in [5.41, 5.74) is 1.51. The molecule has 1 N–H and O–H groups in total. The van der Waals surface area contributed by atoms with E-state index in [-0.39, 0.29) is 12.5 Å². The van der Waals surface area contributed by atoms with E-state index >= 15 is 0 Å². The van der Waals surface area contributed by atoms with Gasteiger partial charge in [0.15, 0.2) is 0 Å². The van der Waals surface area contributed by atoms with E-state index < -0.39 is 0 Å². The highest BCUT2D eigenvalue weighted by Gasteiger charge is 2.07. The van der Waals surface area contributed by atoms with Crippen LogP contribution < -0.4 is 5.32 Å². The number of hydrogen-bond donors (Lipinski definition) is 1. The Morgan fingerprint density at radius 1 is 1.50 bits per heavy atom. The number of benzene rings is 1. The Kier molecular flexibility index (Phi) is 3.44. The number of aromatic nitrogens is 1. The van der Waals surface area contributed by atoms with Gasteiger partial charge in [-0.2, -0.15) is 5.26 Å². The van der Waals surface area contributed by atoms with E-state index in [9.17, 15) is 4.79 Å². The molecule has 0 saturated carbocycles. The highest BCUT2D eigenvalue weighted by Crippen LogP contribution is 2.19. The van der Waals surface area contributed by atoms with E-state index in [4.69, 9.17) is 5.26 Å². The van der Waals surface area contributed by atoms with Crippen molar-refractivity contribution in [3.63, 3.8) is 0 Å². The third-order valence-corrected chi connectivity index (χ3v) is 2.69. The standard InChI is InChI=1S/C14H13N3O/c1-2-7-16-14(18)10-17-8-6-12-11(9-15)4-3-5-13(12)17/h2-6,8H,1,7,10H2,(H,16,18). The third-order valence-electron chi connectivity index (χ3n) is 2.69. The van der Waals surface area contributed by atoms with Crippen molar-refractivity contribution in [1.29, 1.82) is 5.26 Å². The molecular weight excluding hydrogens is 226 g/mol. The fourth-order valence-electron chi connectivity index (χ4n) is 1.86. The maximum absolute atomic E-state index is 11.6. The van der Waals surface area contributed by atoms with Gasteiger partial charge < -0.3 is 9.88 Å². The van der Waals surface area contributed by atoms with E-state index in [1.807, 2.05) is 29.0 Å². The van der Waals surface area contributed by atoms with Gasteiger partial charge in [-0.1, -0.05) is 12.1 Å². The largest absolute Gasteiger partial charge is 0.351 e. The number of nitrogens with zero attached hydrogens (tertiary/aromatic N) is 2. The molecule has 90 valence electrons. The van der Waals surface area contributed by atoms with Crippen LogP contribution in [0.3, 0.4) is 0 Å². The molecule has 0 spiro atoms. The van der Waals surface area contributed by atoms with Crippen LogP contribution in [0.2, 0.25) is 0 Å². The first-order valence-electron chi connectivity index (χ1n) is 5.62. The molecule has 0 bridgehead atoms. The van der Waals surface area contributed by atoms with Crippen molar-refractivity contribution in [2.45, 2.75) is 6.54 Å². The fraction of sp³-hybridized carbons (Fsp3) is 0.143. The number of carbonyl (C=O) groups excluding carboxylic acids is 1. The molecule has 4 heteroatoms. The third kappa shape index (κ3) is 2.25. The number of nitriles is 1. The average Bonchev–Trinajstić information content (AvgIpc) is 2.79. The fourth-order valence-corrected chi connectivity index (χ4v) is 1.86. The predicted octanol–water partition coefficient (Wildman–Crippen LogP) is 1.82. The van der Waals surface area contributed by atoms with Gasteiger partial charge in [-0.15, -0.1) is 6.58 Å². The molecule has 18 heavy (non-hydrogen) atoms. The molecule has 2 rings (SSSR count). The number of rotatable bonds is 4. The maximum atomic E-state index is 11.6. The molecule has 1 aromatic carbocycles. The van der Waals surface area contributed by atoms with Crippen molar-refractivity contribution in [3.8, 4) is 6.07 Å². The molecule has 1 amide bonds. The zero-order valence-electron chi connectivity index (χ0n) is 9.89. The minimum Gasteiger partial charge on any atom is -0.351 e. The van der Waals surface area contributed by atoms with Crippen LogP contribution in [0, 0.1) is 11.3 Å². The Morgan fingerprint density at radius 3 is 3.06 bits per heavy atom. The molecule has 0 fully saturated rings. The van der Waals surface area contributed by atoms with E-state index in [1.165, 1.54) is 0 Å². The molecule has 0 atom stereocenters. The SMILES string of the molecule is C=CCNC(=O)Cn1ccc2c(C#N)cccc21. The lowest BCUT2D eigenvalue weighted by Gasteiger charge is -2.05. The van der Waals surface area contributed by atoms with Crippen LogP contribution in [-0.4, -0.2) is 17.0 Å². The van der Waals surface area contributed by atoms with Gasteiger partial charge in [0.05, 0.1) is 11.6 Å². The van der Waals surface area contributed by atoms with Crippen LogP contribution in [-0.2, 0) is 11.3 Å². The predicted molar refractivity (Wildman–Crippen MR) is 69.9 cm³/mol. The number of nitrogens with one attached hydrogen (secondary N) is 1. The van der Waals surface area contributed by atoms with Crippen LogP contribution in [0.5, 0.6) is 0 Å². The second-order valence-electron chi connectivity index (χ2n) is 3.89. The van der Waals surface area contributed by atoms with Gasteiger partial charge in [0.2, 0.25) is 5.91 Å². The second kappa shape index (κ2) is 5.19. The second-order valence-corrected chi connectivity index (χ2v) is 3.89. The molecule has 0 unspecified atom stereocenters. The lowest BCUT2D eigenvalue weighted by molar-refractivity contribution is -0.121. The Hall–Kier alpha value is -2.54. The molecule has 0 aliphatic heterocycles. The highest BCUT2D eigenvalue weighted by atomic mass is 16.1. The van der Waals surface area contributed by atoms with Crippen molar-refractivity contribution < 1.29 is 4.79 Å². The maximum Gasteiger partial charge on any atom is 0.240 e. The smallest absolute Gasteiger partial charge is 0.240 e. The van der Waals surface area contributed by atoms with Crippen LogP contribution in [0.15, 0.2) is 43.1 Å². The van der Waals surface area contributed by atoms with Gasteiger partial charge in [0.1, 0.15) is 6.54 Å². The van der Waals surface area contributed by atoms with E-state index in [1.54, 1.807) is 12.1 Å². The summed E-state index contributed by atoms with van der Waals surface area (Å²) in [5, 5.41) is 12.6. The average molecular weight is 239 g/mol. The monoisotopic (exact) mass is 239 g/mol. The molecule has 4 nitrogen and oxygen atoms in total. The molecule has 1 aromatic heterocycles. The zero-order chi connectivity index (χ0) is 13.0. The minimum atomic E-state index is -0.0743. The summed E-state index contributed by atoms with van der Waals surface area (Å²) in [6, 6.07) is 9.49. The number of carbonyl (C=O) groups is 1. The molecule has 0 saturated heterocycles. The Balaban J connectivity index is 2.28. The topological polar surface area (TPSA) is 57.8 Å². The van der Waals surface area contributed by atoms with Gasteiger partial charge in [-0.25, -0.2) is 0 Å². The van der Waals surface area contributed by atoms with Crippen LogP contribution in [0.4, 0.5) is 0 Å².